The number of hydrogen-bond acceptors (Lipinski definition) is 5. The summed E-state index contributed by atoms with van der Waals surface area (Å²) >= 11 is 5.77. The fourth-order valence-corrected chi connectivity index (χ4v) is 4.23. The molecule has 1 saturated heterocycles. The molecule has 1 aliphatic rings. The average Bonchev–Trinajstić information content (AvgIpc) is 2.74. The van der Waals surface area contributed by atoms with Crippen molar-refractivity contribution >= 4 is 39.1 Å². The van der Waals surface area contributed by atoms with Crippen LogP contribution in [0.5, 0.6) is 0 Å². The molecule has 2 N–H and O–H groups in total. The van der Waals surface area contributed by atoms with Gasteiger partial charge < -0.3 is 15.4 Å². The number of anilines is 1. The molecule has 8 nitrogen and oxygen atoms in total. The fraction of sp³-hybridized carbons (Fsp3) is 0.263. The van der Waals surface area contributed by atoms with Gasteiger partial charge in [-0.3, -0.25) is 9.59 Å². The molecule has 154 valence electrons. The smallest absolute Gasteiger partial charge is 0.313 e. The largest absolute Gasteiger partial charge is 0.379 e. The van der Waals surface area contributed by atoms with E-state index in [4.69, 9.17) is 16.3 Å². The van der Waals surface area contributed by atoms with E-state index < -0.39 is 21.8 Å². The van der Waals surface area contributed by atoms with Crippen LogP contribution >= 0.6 is 11.6 Å². The first-order valence-electron chi connectivity index (χ1n) is 8.88. The lowest BCUT2D eigenvalue weighted by Crippen LogP contribution is -2.40. The van der Waals surface area contributed by atoms with Gasteiger partial charge in [0.15, 0.2) is 0 Å². The molecule has 0 spiro atoms. The first-order chi connectivity index (χ1) is 13.9. The Kier molecular flexibility index (Phi) is 6.86. The highest BCUT2D eigenvalue weighted by atomic mass is 35.5. The lowest BCUT2D eigenvalue weighted by molar-refractivity contribution is -0.136. The molecule has 29 heavy (non-hydrogen) atoms. The standard InChI is InChI=1S/C19H20ClN3O5S/c20-15-3-5-16(6-4-15)22-19(25)18(24)21-13-14-1-7-17(8-2-14)29(26,27)23-9-11-28-12-10-23/h1-8H,9-13H2,(H,21,24)(H,22,25). The number of carbonyl (C=O) groups is 2. The van der Waals surface area contributed by atoms with Gasteiger partial charge >= 0.3 is 11.8 Å². The molecule has 0 aromatic heterocycles. The van der Waals surface area contributed by atoms with Gasteiger partial charge in [0, 0.05) is 30.3 Å². The van der Waals surface area contributed by atoms with Crippen LogP contribution < -0.4 is 10.6 Å². The summed E-state index contributed by atoms with van der Waals surface area (Å²) in [5.74, 6) is -1.61. The molecule has 0 atom stereocenters. The number of rotatable bonds is 5. The summed E-state index contributed by atoms with van der Waals surface area (Å²) in [6.07, 6.45) is 0. The molecule has 2 aromatic carbocycles. The zero-order chi connectivity index (χ0) is 20.9. The van der Waals surface area contributed by atoms with Crippen molar-refractivity contribution in [2.24, 2.45) is 0 Å². The van der Waals surface area contributed by atoms with Crippen molar-refractivity contribution in [1.82, 2.24) is 9.62 Å². The maximum Gasteiger partial charge on any atom is 0.313 e. The van der Waals surface area contributed by atoms with Gasteiger partial charge in [-0.05, 0) is 42.0 Å². The summed E-state index contributed by atoms with van der Waals surface area (Å²) in [7, 11) is -3.57. The van der Waals surface area contributed by atoms with Crippen LogP contribution in [0.15, 0.2) is 53.4 Å². The number of ether oxygens (including phenoxy) is 1. The molecule has 1 fully saturated rings. The molecule has 0 aliphatic carbocycles. The normalized spacial score (nSPS) is 14.9. The predicted octanol–water partition coefficient (Wildman–Crippen LogP) is 1.62. The van der Waals surface area contributed by atoms with Crippen molar-refractivity contribution in [2.45, 2.75) is 11.4 Å². The quantitative estimate of drug-likeness (QED) is 0.691. The summed E-state index contributed by atoms with van der Waals surface area (Å²) in [6.45, 7) is 1.49. The van der Waals surface area contributed by atoms with Crippen LogP contribution in [-0.4, -0.2) is 50.8 Å². The van der Waals surface area contributed by atoms with Gasteiger partial charge in [-0.15, -0.1) is 0 Å². The van der Waals surface area contributed by atoms with Gasteiger partial charge in [0.1, 0.15) is 0 Å². The number of benzene rings is 2. The number of hydrogen-bond donors (Lipinski definition) is 2. The predicted molar refractivity (Wildman–Crippen MR) is 108 cm³/mol. The third-order valence-corrected chi connectivity index (χ3v) is 6.46. The summed E-state index contributed by atoms with van der Waals surface area (Å²) in [5, 5.41) is 5.48. The van der Waals surface area contributed by atoms with E-state index in [1.807, 2.05) is 0 Å². The monoisotopic (exact) mass is 437 g/mol. The van der Waals surface area contributed by atoms with Crippen LogP contribution in [0.3, 0.4) is 0 Å². The number of nitrogens with one attached hydrogen (secondary N) is 2. The topological polar surface area (TPSA) is 105 Å². The Morgan fingerprint density at radius 1 is 0.966 bits per heavy atom. The van der Waals surface area contributed by atoms with Crippen molar-refractivity contribution in [2.75, 3.05) is 31.6 Å². The number of halogens is 1. The summed E-state index contributed by atoms with van der Waals surface area (Å²) in [5.41, 5.74) is 1.12. The Labute approximate surface area is 173 Å². The lowest BCUT2D eigenvalue weighted by Gasteiger charge is -2.26. The highest BCUT2D eigenvalue weighted by Gasteiger charge is 2.26. The molecule has 0 unspecified atom stereocenters. The second-order valence-corrected chi connectivity index (χ2v) is 8.68. The minimum atomic E-state index is -3.57. The summed E-state index contributed by atoms with van der Waals surface area (Å²) in [4.78, 5) is 24.1. The maximum atomic E-state index is 12.6. The number of sulfonamides is 1. The molecule has 2 aromatic rings. The van der Waals surface area contributed by atoms with Crippen LogP contribution in [0.1, 0.15) is 5.56 Å². The van der Waals surface area contributed by atoms with E-state index in [2.05, 4.69) is 10.6 Å². The van der Waals surface area contributed by atoms with Gasteiger partial charge in [0.2, 0.25) is 10.0 Å². The Balaban J connectivity index is 1.54. The van der Waals surface area contributed by atoms with Crippen molar-refractivity contribution < 1.29 is 22.7 Å². The van der Waals surface area contributed by atoms with Gasteiger partial charge in [-0.2, -0.15) is 4.31 Å². The molecule has 3 rings (SSSR count). The van der Waals surface area contributed by atoms with E-state index in [-0.39, 0.29) is 11.4 Å². The molecule has 10 heteroatoms. The third-order valence-electron chi connectivity index (χ3n) is 4.29. The minimum absolute atomic E-state index is 0.0880. The van der Waals surface area contributed by atoms with Crippen LogP contribution in [-0.2, 0) is 30.9 Å². The molecule has 0 bridgehead atoms. The third kappa shape index (κ3) is 5.54. The van der Waals surface area contributed by atoms with E-state index in [0.29, 0.717) is 42.6 Å². The SMILES string of the molecule is O=C(NCc1ccc(S(=O)(=O)N2CCOCC2)cc1)C(=O)Nc1ccc(Cl)cc1. The lowest BCUT2D eigenvalue weighted by atomic mass is 10.2. The first-order valence-corrected chi connectivity index (χ1v) is 10.7. The molecular weight excluding hydrogens is 418 g/mol. The van der Waals surface area contributed by atoms with Crippen LogP contribution in [0.4, 0.5) is 5.69 Å². The molecule has 1 aliphatic heterocycles. The van der Waals surface area contributed by atoms with Crippen molar-refractivity contribution in [3.05, 3.63) is 59.1 Å². The highest BCUT2D eigenvalue weighted by molar-refractivity contribution is 7.89. The summed E-state index contributed by atoms with van der Waals surface area (Å²) in [6, 6.07) is 12.5. The minimum Gasteiger partial charge on any atom is -0.379 e. The first kappa shape index (κ1) is 21.3. The van der Waals surface area contributed by atoms with Crippen LogP contribution in [0.2, 0.25) is 5.02 Å². The Bertz CT molecular complexity index is 972. The van der Waals surface area contributed by atoms with Crippen molar-refractivity contribution in [3.63, 3.8) is 0 Å². The van der Waals surface area contributed by atoms with Crippen molar-refractivity contribution in [1.29, 1.82) is 0 Å². The number of morpholine rings is 1. The van der Waals surface area contributed by atoms with Crippen LogP contribution in [0, 0.1) is 0 Å². The zero-order valence-electron chi connectivity index (χ0n) is 15.4. The zero-order valence-corrected chi connectivity index (χ0v) is 17.0. The van der Waals surface area contributed by atoms with E-state index in [9.17, 15) is 18.0 Å². The Hall–Kier alpha value is -2.46. The van der Waals surface area contributed by atoms with E-state index in [1.165, 1.54) is 16.4 Å². The Morgan fingerprint density at radius 2 is 1.59 bits per heavy atom. The second-order valence-electron chi connectivity index (χ2n) is 6.30. The van der Waals surface area contributed by atoms with Gasteiger partial charge in [0.25, 0.3) is 0 Å². The van der Waals surface area contributed by atoms with Crippen LogP contribution in [0.25, 0.3) is 0 Å². The van der Waals surface area contributed by atoms with Gasteiger partial charge in [0.05, 0.1) is 18.1 Å². The second kappa shape index (κ2) is 9.36. The Morgan fingerprint density at radius 3 is 2.21 bits per heavy atom. The summed E-state index contributed by atoms with van der Waals surface area (Å²) < 4.78 is 31.7. The van der Waals surface area contributed by atoms with E-state index in [1.54, 1.807) is 36.4 Å². The van der Waals surface area contributed by atoms with E-state index in [0.717, 1.165) is 0 Å². The molecule has 0 radical (unpaired) electrons. The molecule has 0 saturated carbocycles. The number of amides is 2. The van der Waals surface area contributed by atoms with Gasteiger partial charge in [-0.25, -0.2) is 8.42 Å². The molecular formula is C19H20ClN3O5S. The maximum absolute atomic E-state index is 12.6. The number of carbonyl (C=O) groups excluding carboxylic acids is 2. The molecule has 1 heterocycles. The molecule has 2 amide bonds. The van der Waals surface area contributed by atoms with E-state index >= 15 is 0 Å². The van der Waals surface area contributed by atoms with Crippen molar-refractivity contribution in [3.8, 4) is 0 Å². The average molecular weight is 438 g/mol. The fourth-order valence-electron chi connectivity index (χ4n) is 2.70. The number of nitrogens with zero attached hydrogens (tertiary/aromatic N) is 1. The van der Waals surface area contributed by atoms with Gasteiger partial charge in [-0.1, -0.05) is 23.7 Å². The highest BCUT2D eigenvalue weighted by Crippen LogP contribution is 2.18.